The van der Waals surface area contributed by atoms with Crippen LogP contribution in [0.15, 0.2) is 0 Å². The highest BCUT2D eigenvalue weighted by Crippen LogP contribution is 1.94. The molecule has 0 aliphatic heterocycles. The molecule has 0 spiro atoms. The van der Waals surface area contributed by atoms with Crippen LogP contribution >= 0.6 is 11.8 Å². The van der Waals surface area contributed by atoms with Crippen molar-refractivity contribution in [1.82, 2.24) is 5.32 Å². The number of ether oxygens (including phenoxy) is 1. The fourth-order valence-electron chi connectivity index (χ4n) is 0.689. The Balaban J connectivity index is 2.78. The molecule has 1 N–H and O–H groups in total. The number of terminal acetylenes is 1. The van der Waals surface area contributed by atoms with Gasteiger partial charge in [0, 0.05) is 25.4 Å². The Labute approximate surface area is 79.4 Å². The molecule has 0 aliphatic rings. The van der Waals surface area contributed by atoms with Gasteiger partial charge in [-0.1, -0.05) is 5.92 Å². The van der Waals surface area contributed by atoms with Crippen molar-refractivity contribution in [1.29, 1.82) is 0 Å². The molecule has 0 unspecified atom stereocenters. The van der Waals surface area contributed by atoms with E-state index in [1.54, 1.807) is 11.8 Å². The van der Waals surface area contributed by atoms with Crippen LogP contribution in [0.1, 0.15) is 6.92 Å². The van der Waals surface area contributed by atoms with E-state index in [0.29, 0.717) is 0 Å². The quantitative estimate of drug-likeness (QED) is 0.452. The molecule has 0 aromatic rings. The maximum absolute atomic E-state index is 5.16. The first-order valence-corrected chi connectivity index (χ1v) is 5.37. The van der Waals surface area contributed by atoms with Crippen LogP contribution in [0, 0.1) is 12.3 Å². The number of rotatable bonds is 8. The molecule has 0 saturated heterocycles. The summed E-state index contributed by atoms with van der Waals surface area (Å²) in [6, 6.07) is 0. The molecule has 2 nitrogen and oxygen atoms in total. The van der Waals surface area contributed by atoms with Crippen molar-refractivity contribution in [2.75, 3.05) is 37.8 Å². The zero-order chi connectivity index (χ0) is 9.07. The largest absolute Gasteiger partial charge is 0.380 e. The van der Waals surface area contributed by atoms with Crippen LogP contribution < -0.4 is 5.32 Å². The summed E-state index contributed by atoms with van der Waals surface area (Å²) in [5.41, 5.74) is 0. The molecule has 0 aliphatic carbocycles. The zero-order valence-corrected chi connectivity index (χ0v) is 8.45. The van der Waals surface area contributed by atoms with Gasteiger partial charge in [0.25, 0.3) is 0 Å². The van der Waals surface area contributed by atoms with Gasteiger partial charge in [0.05, 0.1) is 12.4 Å². The summed E-state index contributed by atoms with van der Waals surface area (Å²) < 4.78 is 5.16. The van der Waals surface area contributed by atoms with Crippen molar-refractivity contribution in [2.24, 2.45) is 0 Å². The molecule has 0 heterocycles. The lowest BCUT2D eigenvalue weighted by Gasteiger charge is -2.03. The van der Waals surface area contributed by atoms with E-state index in [4.69, 9.17) is 11.2 Å². The number of hydrogen-bond donors (Lipinski definition) is 1. The highest BCUT2D eigenvalue weighted by molar-refractivity contribution is 7.99. The van der Waals surface area contributed by atoms with E-state index in [2.05, 4.69) is 11.2 Å². The number of nitrogens with one attached hydrogen (secondary N) is 1. The average molecular weight is 187 g/mol. The second-order valence-corrected chi connectivity index (χ2v) is 3.31. The van der Waals surface area contributed by atoms with Gasteiger partial charge in [0.15, 0.2) is 0 Å². The summed E-state index contributed by atoms with van der Waals surface area (Å²) in [5, 5.41) is 3.26. The standard InChI is InChI=1S/C9H17NOS/c1-3-8-12-9-6-10-5-7-11-4-2/h1,10H,4-9H2,2H3. The lowest BCUT2D eigenvalue weighted by molar-refractivity contribution is 0.150. The fourth-order valence-corrected chi connectivity index (χ4v) is 1.24. The third-order valence-corrected chi connectivity index (χ3v) is 2.10. The Hall–Kier alpha value is -0.170. The van der Waals surface area contributed by atoms with Gasteiger partial charge in [-0.05, 0) is 6.92 Å². The highest BCUT2D eigenvalue weighted by Gasteiger charge is 1.87. The molecule has 70 valence electrons. The van der Waals surface area contributed by atoms with E-state index in [0.717, 1.165) is 37.8 Å². The van der Waals surface area contributed by atoms with Crippen LogP contribution in [0.3, 0.4) is 0 Å². The molecule has 0 aromatic heterocycles. The molecule has 12 heavy (non-hydrogen) atoms. The SMILES string of the molecule is C#CCSCCNCCOCC. The van der Waals surface area contributed by atoms with Gasteiger partial charge in [-0.3, -0.25) is 0 Å². The van der Waals surface area contributed by atoms with Crippen molar-refractivity contribution in [3.8, 4) is 12.3 Å². The van der Waals surface area contributed by atoms with Crippen molar-refractivity contribution < 1.29 is 4.74 Å². The summed E-state index contributed by atoms with van der Waals surface area (Å²) in [6.45, 7) is 5.55. The predicted molar refractivity (Wildman–Crippen MR) is 55.5 cm³/mol. The first-order chi connectivity index (χ1) is 5.91. The van der Waals surface area contributed by atoms with Gasteiger partial charge in [0.1, 0.15) is 0 Å². The van der Waals surface area contributed by atoms with E-state index in [1.807, 2.05) is 6.92 Å². The monoisotopic (exact) mass is 187 g/mol. The molecular formula is C9H17NOS. The molecule has 0 bridgehead atoms. The summed E-state index contributed by atoms with van der Waals surface area (Å²) in [4.78, 5) is 0. The second-order valence-electron chi connectivity index (χ2n) is 2.20. The van der Waals surface area contributed by atoms with Gasteiger partial charge in [-0.15, -0.1) is 18.2 Å². The Morgan fingerprint density at radius 2 is 2.33 bits per heavy atom. The maximum Gasteiger partial charge on any atom is 0.0590 e. The Bertz CT molecular complexity index is 122. The van der Waals surface area contributed by atoms with Crippen molar-refractivity contribution in [3.63, 3.8) is 0 Å². The third kappa shape index (κ3) is 9.83. The normalized spacial score (nSPS) is 9.67. The van der Waals surface area contributed by atoms with Gasteiger partial charge in [-0.25, -0.2) is 0 Å². The third-order valence-electron chi connectivity index (χ3n) is 1.24. The molecule has 3 heteroatoms. The van der Waals surface area contributed by atoms with E-state index < -0.39 is 0 Å². The molecule has 0 atom stereocenters. The van der Waals surface area contributed by atoms with Crippen LogP contribution in [-0.4, -0.2) is 37.8 Å². The number of hydrogen-bond acceptors (Lipinski definition) is 3. The summed E-state index contributed by atoms with van der Waals surface area (Å²) in [7, 11) is 0. The molecule has 0 radical (unpaired) electrons. The lowest BCUT2D eigenvalue weighted by atomic mass is 10.6. The van der Waals surface area contributed by atoms with Crippen LogP contribution in [-0.2, 0) is 4.74 Å². The lowest BCUT2D eigenvalue weighted by Crippen LogP contribution is -2.22. The van der Waals surface area contributed by atoms with E-state index in [9.17, 15) is 0 Å². The summed E-state index contributed by atoms with van der Waals surface area (Å²) in [5.74, 6) is 4.48. The molecule has 0 fully saturated rings. The average Bonchev–Trinajstić information content (AvgIpc) is 2.10. The first kappa shape index (κ1) is 11.8. The van der Waals surface area contributed by atoms with Gasteiger partial charge in [0.2, 0.25) is 0 Å². The highest BCUT2D eigenvalue weighted by atomic mass is 32.2. The van der Waals surface area contributed by atoms with Crippen molar-refractivity contribution in [2.45, 2.75) is 6.92 Å². The van der Waals surface area contributed by atoms with Gasteiger partial charge < -0.3 is 10.1 Å². The molecule has 0 aromatic carbocycles. The van der Waals surface area contributed by atoms with Crippen LogP contribution in [0.4, 0.5) is 0 Å². The molecule has 0 saturated carbocycles. The van der Waals surface area contributed by atoms with E-state index >= 15 is 0 Å². The van der Waals surface area contributed by atoms with E-state index in [1.165, 1.54) is 0 Å². The summed E-state index contributed by atoms with van der Waals surface area (Å²) in [6.07, 6.45) is 5.10. The van der Waals surface area contributed by atoms with E-state index in [-0.39, 0.29) is 0 Å². The number of thioether (sulfide) groups is 1. The Kier molecular flexibility index (Phi) is 10.7. The minimum Gasteiger partial charge on any atom is -0.380 e. The minimum atomic E-state index is 0.799. The maximum atomic E-state index is 5.16. The summed E-state index contributed by atoms with van der Waals surface area (Å²) >= 11 is 1.78. The molecule has 0 rings (SSSR count). The smallest absolute Gasteiger partial charge is 0.0590 e. The van der Waals surface area contributed by atoms with Gasteiger partial charge >= 0.3 is 0 Å². The second kappa shape index (κ2) is 10.8. The van der Waals surface area contributed by atoms with Gasteiger partial charge in [-0.2, -0.15) is 0 Å². The van der Waals surface area contributed by atoms with Crippen molar-refractivity contribution in [3.05, 3.63) is 0 Å². The van der Waals surface area contributed by atoms with Crippen LogP contribution in [0.25, 0.3) is 0 Å². The zero-order valence-electron chi connectivity index (χ0n) is 7.64. The minimum absolute atomic E-state index is 0.799. The Morgan fingerprint density at radius 1 is 1.50 bits per heavy atom. The van der Waals surface area contributed by atoms with Crippen LogP contribution in [0.2, 0.25) is 0 Å². The fraction of sp³-hybridized carbons (Fsp3) is 0.778. The van der Waals surface area contributed by atoms with Crippen LogP contribution in [0.5, 0.6) is 0 Å². The predicted octanol–water partition coefficient (Wildman–Crippen LogP) is 0.979. The Morgan fingerprint density at radius 3 is 3.00 bits per heavy atom. The molecular weight excluding hydrogens is 170 g/mol. The van der Waals surface area contributed by atoms with Crippen molar-refractivity contribution >= 4 is 11.8 Å². The molecule has 0 amide bonds. The first-order valence-electron chi connectivity index (χ1n) is 4.21. The topological polar surface area (TPSA) is 21.3 Å².